The SMILES string of the molecule is CC(C)(C#N)C(=O)NC(C)(C)c1nccs1. The van der Waals surface area contributed by atoms with Gasteiger partial charge in [-0.05, 0) is 27.7 Å². The number of nitriles is 1. The third-order valence-corrected chi connectivity index (χ3v) is 3.34. The Morgan fingerprint density at radius 2 is 2.12 bits per heavy atom. The largest absolute Gasteiger partial charge is 0.343 e. The highest BCUT2D eigenvalue weighted by Crippen LogP contribution is 2.24. The number of carbonyl (C=O) groups is 1. The van der Waals surface area contributed by atoms with E-state index in [-0.39, 0.29) is 5.91 Å². The van der Waals surface area contributed by atoms with Gasteiger partial charge in [-0.1, -0.05) is 0 Å². The number of hydrogen-bond donors (Lipinski definition) is 1. The van der Waals surface area contributed by atoms with E-state index in [1.54, 1.807) is 20.0 Å². The summed E-state index contributed by atoms with van der Waals surface area (Å²) in [6.45, 7) is 6.94. The second-order valence-corrected chi connectivity index (χ2v) is 5.55. The van der Waals surface area contributed by atoms with Crippen LogP contribution < -0.4 is 5.32 Å². The first-order valence-electron chi connectivity index (χ1n) is 4.93. The Kier molecular flexibility index (Phi) is 3.34. The summed E-state index contributed by atoms with van der Waals surface area (Å²) in [5, 5.41) is 14.4. The van der Waals surface area contributed by atoms with Gasteiger partial charge in [0.05, 0.1) is 11.6 Å². The van der Waals surface area contributed by atoms with Crippen LogP contribution in [-0.4, -0.2) is 10.9 Å². The van der Waals surface area contributed by atoms with E-state index < -0.39 is 11.0 Å². The zero-order valence-electron chi connectivity index (χ0n) is 9.87. The van der Waals surface area contributed by atoms with E-state index in [1.165, 1.54) is 11.3 Å². The smallest absolute Gasteiger partial charge is 0.240 e. The Bertz CT molecular complexity index is 415. The summed E-state index contributed by atoms with van der Waals surface area (Å²) >= 11 is 1.48. The third-order valence-electron chi connectivity index (χ3n) is 2.24. The van der Waals surface area contributed by atoms with Crippen LogP contribution in [-0.2, 0) is 10.3 Å². The standard InChI is InChI=1S/C11H15N3OS/c1-10(2,7-12)8(15)14-11(3,4)9-13-5-6-16-9/h5-6H,1-4H3,(H,14,15). The van der Waals surface area contributed by atoms with Gasteiger partial charge in [0.2, 0.25) is 5.91 Å². The van der Waals surface area contributed by atoms with Crippen LogP contribution in [0.1, 0.15) is 32.7 Å². The summed E-state index contributed by atoms with van der Waals surface area (Å²) in [5.41, 5.74) is -1.56. The van der Waals surface area contributed by atoms with Crippen molar-refractivity contribution in [2.24, 2.45) is 5.41 Å². The van der Waals surface area contributed by atoms with Gasteiger partial charge in [0.25, 0.3) is 0 Å². The molecule has 0 radical (unpaired) electrons. The first-order chi connectivity index (χ1) is 7.29. The lowest BCUT2D eigenvalue weighted by atomic mass is 9.93. The molecule has 0 unspecified atom stereocenters. The fraction of sp³-hybridized carbons (Fsp3) is 0.545. The predicted octanol–water partition coefficient (Wildman–Crippen LogP) is 2.04. The summed E-state index contributed by atoms with van der Waals surface area (Å²) in [7, 11) is 0. The van der Waals surface area contributed by atoms with Crippen molar-refractivity contribution in [3.05, 3.63) is 16.6 Å². The summed E-state index contributed by atoms with van der Waals surface area (Å²) < 4.78 is 0. The predicted molar refractivity (Wildman–Crippen MR) is 62.7 cm³/mol. The number of nitrogens with one attached hydrogen (secondary N) is 1. The van der Waals surface area contributed by atoms with Crippen LogP contribution in [0.5, 0.6) is 0 Å². The maximum Gasteiger partial charge on any atom is 0.240 e. The fourth-order valence-corrected chi connectivity index (χ4v) is 1.79. The van der Waals surface area contributed by atoms with E-state index >= 15 is 0 Å². The van der Waals surface area contributed by atoms with Crippen molar-refractivity contribution in [2.75, 3.05) is 0 Å². The second kappa shape index (κ2) is 4.22. The van der Waals surface area contributed by atoms with E-state index in [9.17, 15) is 4.79 Å². The first-order valence-corrected chi connectivity index (χ1v) is 5.81. The number of thiazole rings is 1. The molecule has 1 amide bonds. The van der Waals surface area contributed by atoms with Crippen LogP contribution in [0.4, 0.5) is 0 Å². The van der Waals surface area contributed by atoms with Crippen molar-refractivity contribution in [1.29, 1.82) is 5.26 Å². The van der Waals surface area contributed by atoms with Gasteiger partial charge in [0.1, 0.15) is 10.4 Å². The lowest BCUT2D eigenvalue weighted by Crippen LogP contribution is -2.46. The molecular formula is C11H15N3OS. The molecule has 1 N–H and O–H groups in total. The van der Waals surface area contributed by atoms with E-state index in [1.807, 2.05) is 25.3 Å². The Hall–Kier alpha value is -1.41. The Morgan fingerprint density at radius 3 is 2.56 bits per heavy atom. The monoisotopic (exact) mass is 237 g/mol. The minimum absolute atomic E-state index is 0.282. The average Bonchev–Trinajstić information content (AvgIpc) is 2.70. The van der Waals surface area contributed by atoms with E-state index in [2.05, 4.69) is 10.3 Å². The van der Waals surface area contributed by atoms with Crippen LogP contribution in [0.25, 0.3) is 0 Å². The maximum atomic E-state index is 11.8. The van der Waals surface area contributed by atoms with Gasteiger partial charge >= 0.3 is 0 Å². The van der Waals surface area contributed by atoms with E-state index in [0.717, 1.165) is 5.01 Å². The molecule has 5 heteroatoms. The number of rotatable bonds is 3. The number of nitrogens with zero attached hydrogens (tertiary/aromatic N) is 2. The molecule has 0 bridgehead atoms. The van der Waals surface area contributed by atoms with Crippen LogP contribution >= 0.6 is 11.3 Å². The fourth-order valence-electron chi connectivity index (χ4n) is 1.08. The molecule has 0 aromatic carbocycles. The average molecular weight is 237 g/mol. The van der Waals surface area contributed by atoms with Gasteiger partial charge < -0.3 is 5.32 Å². The molecule has 0 saturated heterocycles. The summed E-state index contributed by atoms with van der Waals surface area (Å²) in [4.78, 5) is 16.0. The maximum absolute atomic E-state index is 11.8. The molecule has 0 saturated carbocycles. The highest BCUT2D eigenvalue weighted by Gasteiger charge is 2.33. The molecule has 0 fully saturated rings. The zero-order valence-corrected chi connectivity index (χ0v) is 10.7. The number of amides is 1. The van der Waals surface area contributed by atoms with Gasteiger partial charge in [-0.3, -0.25) is 4.79 Å². The van der Waals surface area contributed by atoms with Crippen LogP contribution in [0.15, 0.2) is 11.6 Å². The highest BCUT2D eigenvalue weighted by molar-refractivity contribution is 7.09. The highest BCUT2D eigenvalue weighted by atomic mass is 32.1. The molecule has 1 aromatic rings. The molecule has 1 rings (SSSR count). The summed E-state index contributed by atoms with van der Waals surface area (Å²) in [6.07, 6.45) is 1.70. The van der Waals surface area contributed by atoms with Crippen molar-refractivity contribution in [3.63, 3.8) is 0 Å². The van der Waals surface area contributed by atoms with Crippen LogP contribution in [0.3, 0.4) is 0 Å². The number of hydrogen-bond acceptors (Lipinski definition) is 4. The topological polar surface area (TPSA) is 65.8 Å². The Labute approximate surface area is 99.3 Å². The van der Waals surface area contributed by atoms with Crippen molar-refractivity contribution in [2.45, 2.75) is 33.2 Å². The van der Waals surface area contributed by atoms with Gasteiger partial charge in [0, 0.05) is 11.6 Å². The minimum atomic E-state index is -1.02. The van der Waals surface area contributed by atoms with Crippen LogP contribution in [0, 0.1) is 16.7 Å². The molecule has 0 atom stereocenters. The Balaban J connectivity index is 2.83. The molecule has 0 aliphatic carbocycles. The van der Waals surface area contributed by atoms with Gasteiger partial charge in [-0.25, -0.2) is 4.98 Å². The zero-order chi connectivity index (χ0) is 12.4. The minimum Gasteiger partial charge on any atom is -0.343 e. The summed E-state index contributed by atoms with van der Waals surface area (Å²) in [6, 6.07) is 1.98. The van der Waals surface area contributed by atoms with Gasteiger partial charge in [0.15, 0.2) is 0 Å². The molecule has 0 aliphatic rings. The molecule has 0 aliphatic heterocycles. The van der Waals surface area contributed by atoms with Crippen LogP contribution in [0.2, 0.25) is 0 Å². The lowest BCUT2D eigenvalue weighted by Gasteiger charge is -2.27. The van der Waals surface area contributed by atoms with Gasteiger partial charge in [-0.15, -0.1) is 11.3 Å². The van der Waals surface area contributed by atoms with Crippen molar-refractivity contribution in [1.82, 2.24) is 10.3 Å². The molecular weight excluding hydrogens is 222 g/mol. The quantitative estimate of drug-likeness (QED) is 0.874. The van der Waals surface area contributed by atoms with Crippen molar-refractivity contribution in [3.8, 4) is 6.07 Å². The molecule has 0 spiro atoms. The first kappa shape index (κ1) is 12.7. The number of carbonyl (C=O) groups excluding carboxylic acids is 1. The Morgan fingerprint density at radius 1 is 1.50 bits per heavy atom. The van der Waals surface area contributed by atoms with Crippen molar-refractivity contribution < 1.29 is 4.79 Å². The number of aromatic nitrogens is 1. The third kappa shape index (κ3) is 2.58. The van der Waals surface area contributed by atoms with Gasteiger partial charge in [-0.2, -0.15) is 5.26 Å². The van der Waals surface area contributed by atoms with Crippen molar-refractivity contribution >= 4 is 17.2 Å². The second-order valence-electron chi connectivity index (χ2n) is 4.65. The van der Waals surface area contributed by atoms with E-state index in [0.29, 0.717) is 0 Å². The normalized spacial score (nSPS) is 11.9. The molecule has 4 nitrogen and oxygen atoms in total. The summed E-state index contributed by atoms with van der Waals surface area (Å²) in [5.74, 6) is -0.282. The molecule has 1 aromatic heterocycles. The lowest BCUT2D eigenvalue weighted by molar-refractivity contribution is -0.128. The molecule has 86 valence electrons. The molecule has 16 heavy (non-hydrogen) atoms. The van der Waals surface area contributed by atoms with E-state index in [4.69, 9.17) is 5.26 Å². The molecule has 1 heterocycles.